The third-order valence-corrected chi connectivity index (χ3v) is 4.19. The molecule has 3 nitrogen and oxygen atoms in total. The molecule has 0 spiro atoms. The fourth-order valence-corrected chi connectivity index (χ4v) is 2.50. The number of aliphatic carboxylic acids is 1. The Morgan fingerprint density at radius 3 is 2.67 bits per heavy atom. The Labute approximate surface area is 133 Å². The van der Waals surface area contributed by atoms with E-state index in [1.165, 1.54) is 0 Å². The van der Waals surface area contributed by atoms with Crippen molar-refractivity contribution in [2.24, 2.45) is 0 Å². The molecule has 0 saturated heterocycles. The topological polar surface area (TPSA) is 46.5 Å². The number of rotatable bonds is 6. The van der Waals surface area contributed by atoms with Gasteiger partial charge in [0.15, 0.2) is 5.06 Å². The van der Waals surface area contributed by atoms with Crippen molar-refractivity contribution in [3.63, 3.8) is 0 Å². The number of benzene rings is 1. The van der Waals surface area contributed by atoms with Gasteiger partial charge in [-0.15, -0.1) is 11.6 Å². The van der Waals surface area contributed by atoms with Gasteiger partial charge in [-0.2, -0.15) is 0 Å². The summed E-state index contributed by atoms with van der Waals surface area (Å²) in [5, 5.41) is 6.94. The van der Waals surface area contributed by atoms with Gasteiger partial charge in [-0.1, -0.05) is 54.1 Å². The van der Waals surface area contributed by atoms with E-state index in [9.17, 15) is 4.79 Å². The van der Waals surface area contributed by atoms with Crippen LogP contribution in [0.2, 0.25) is 0 Å². The maximum Gasteiger partial charge on any atom is 0.303 e. The fraction of sp³-hybridized carbons (Fsp3) is 0.312. The van der Waals surface area contributed by atoms with Gasteiger partial charge in [-0.25, -0.2) is 0 Å². The summed E-state index contributed by atoms with van der Waals surface area (Å²) < 4.78 is 5.56. The van der Waals surface area contributed by atoms with Gasteiger partial charge < -0.3 is 9.84 Å². The molecule has 0 heterocycles. The summed E-state index contributed by atoms with van der Waals surface area (Å²) in [4.78, 5) is 10.5. The van der Waals surface area contributed by atoms with Crippen LogP contribution in [0, 0.1) is 0 Å². The third-order valence-electron chi connectivity index (χ3n) is 3.16. The van der Waals surface area contributed by atoms with Crippen molar-refractivity contribution in [2.45, 2.75) is 23.3 Å². The van der Waals surface area contributed by atoms with Crippen molar-refractivity contribution >= 4 is 34.7 Å². The number of carboxylic acids is 1. The molecule has 0 saturated carbocycles. The minimum Gasteiger partial charge on any atom is -0.481 e. The van der Waals surface area contributed by atoms with Crippen molar-refractivity contribution in [1.29, 1.82) is 0 Å². The lowest BCUT2D eigenvalue weighted by molar-refractivity contribution is -0.137. The van der Waals surface area contributed by atoms with Gasteiger partial charge in [0.05, 0.1) is 5.38 Å². The average Bonchev–Trinajstić information content (AvgIpc) is 2.48. The van der Waals surface area contributed by atoms with Crippen molar-refractivity contribution in [1.82, 2.24) is 0 Å². The first-order chi connectivity index (χ1) is 10.0. The van der Waals surface area contributed by atoms with E-state index >= 15 is 0 Å². The number of hydrogen-bond acceptors (Lipinski definition) is 2. The van der Waals surface area contributed by atoms with Crippen molar-refractivity contribution in [2.75, 3.05) is 6.61 Å². The quantitative estimate of drug-likeness (QED) is 0.633. The standard InChI is InChI=1S/C16H16Cl2O3/c17-14-11-13(12-5-2-1-3-6-12)8-9-16(14,18)21-10-4-7-15(19)20/h1-3,5-6,8-9,11,14H,4,7,10H2,(H,19,20). The van der Waals surface area contributed by atoms with E-state index in [1.54, 1.807) is 6.08 Å². The van der Waals surface area contributed by atoms with Crippen molar-refractivity contribution in [3.8, 4) is 0 Å². The van der Waals surface area contributed by atoms with E-state index < -0.39 is 16.4 Å². The first-order valence-corrected chi connectivity index (χ1v) is 7.48. The molecule has 1 aliphatic rings. The fourth-order valence-electron chi connectivity index (χ4n) is 2.02. The van der Waals surface area contributed by atoms with E-state index in [-0.39, 0.29) is 13.0 Å². The molecule has 2 atom stereocenters. The van der Waals surface area contributed by atoms with Crippen molar-refractivity contribution in [3.05, 3.63) is 54.1 Å². The Kier molecular flexibility index (Phi) is 5.45. The van der Waals surface area contributed by atoms with Crippen LogP contribution >= 0.6 is 23.2 Å². The van der Waals surface area contributed by atoms with Gasteiger partial charge in [0.2, 0.25) is 0 Å². The van der Waals surface area contributed by atoms with Crippen LogP contribution < -0.4 is 0 Å². The maximum atomic E-state index is 10.5. The summed E-state index contributed by atoms with van der Waals surface area (Å²) >= 11 is 12.7. The van der Waals surface area contributed by atoms with Crippen LogP contribution in [-0.2, 0) is 9.53 Å². The number of carbonyl (C=O) groups is 1. The highest BCUT2D eigenvalue weighted by atomic mass is 35.5. The van der Waals surface area contributed by atoms with Gasteiger partial charge in [0, 0.05) is 13.0 Å². The van der Waals surface area contributed by atoms with E-state index in [4.69, 9.17) is 33.0 Å². The Balaban J connectivity index is 1.98. The lowest BCUT2D eigenvalue weighted by atomic mass is 9.97. The van der Waals surface area contributed by atoms with Crippen LogP contribution in [0.5, 0.6) is 0 Å². The summed E-state index contributed by atoms with van der Waals surface area (Å²) in [7, 11) is 0. The first-order valence-electron chi connectivity index (χ1n) is 6.66. The normalized spacial score (nSPS) is 24.7. The molecule has 0 radical (unpaired) electrons. The molecular weight excluding hydrogens is 311 g/mol. The molecule has 1 aromatic carbocycles. The molecular formula is C16H16Cl2O3. The van der Waals surface area contributed by atoms with E-state index in [2.05, 4.69) is 0 Å². The van der Waals surface area contributed by atoms with Crippen LogP contribution in [-0.4, -0.2) is 28.1 Å². The predicted octanol–water partition coefficient (Wildman–Crippen LogP) is 4.06. The summed E-state index contributed by atoms with van der Waals surface area (Å²) in [6, 6.07) is 9.85. The second kappa shape index (κ2) is 7.12. The molecule has 0 fully saturated rings. The molecule has 5 heteroatoms. The van der Waals surface area contributed by atoms with Gasteiger partial charge in [-0.05, 0) is 23.6 Å². The minimum atomic E-state index is -1.13. The number of allylic oxidation sites excluding steroid dienone is 2. The van der Waals surface area contributed by atoms with Crippen LogP contribution in [0.1, 0.15) is 18.4 Å². The van der Waals surface area contributed by atoms with Gasteiger partial charge in [0.25, 0.3) is 0 Å². The lowest BCUT2D eigenvalue weighted by Crippen LogP contribution is -2.35. The molecule has 0 amide bonds. The SMILES string of the molecule is O=C(O)CCCOC1(Cl)C=CC(c2ccccc2)=CC1Cl. The van der Waals surface area contributed by atoms with E-state index in [0.29, 0.717) is 6.42 Å². The molecule has 1 aromatic rings. The monoisotopic (exact) mass is 326 g/mol. The zero-order valence-electron chi connectivity index (χ0n) is 11.3. The number of halogens is 2. The molecule has 21 heavy (non-hydrogen) atoms. The lowest BCUT2D eigenvalue weighted by Gasteiger charge is -2.30. The molecule has 1 aliphatic carbocycles. The highest BCUT2D eigenvalue weighted by Gasteiger charge is 2.35. The van der Waals surface area contributed by atoms with Crippen LogP contribution in [0.3, 0.4) is 0 Å². The average molecular weight is 327 g/mol. The molecule has 2 unspecified atom stereocenters. The van der Waals surface area contributed by atoms with Gasteiger partial charge in [0.1, 0.15) is 0 Å². The predicted molar refractivity (Wildman–Crippen MR) is 84.6 cm³/mol. The number of hydrogen-bond donors (Lipinski definition) is 1. The Bertz CT molecular complexity index is 554. The Morgan fingerprint density at radius 2 is 2.05 bits per heavy atom. The van der Waals surface area contributed by atoms with E-state index in [0.717, 1.165) is 11.1 Å². The molecule has 1 N–H and O–H groups in total. The minimum absolute atomic E-state index is 0.0503. The first kappa shape index (κ1) is 16.1. The highest BCUT2D eigenvalue weighted by Crippen LogP contribution is 2.36. The summed E-state index contributed by atoms with van der Waals surface area (Å²) in [6.07, 6.45) is 5.89. The molecule has 112 valence electrons. The number of alkyl halides is 2. The van der Waals surface area contributed by atoms with E-state index in [1.807, 2.05) is 42.5 Å². The number of ether oxygens (including phenoxy) is 1. The molecule has 0 bridgehead atoms. The molecule has 2 rings (SSSR count). The molecule has 0 aromatic heterocycles. The van der Waals surface area contributed by atoms with Crippen LogP contribution in [0.25, 0.3) is 5.57 Å². The van der Waals surface area contributed by atoms with Gasteiger partial charge in [-0.3, -0.25) is 4.79 Å². The van der Waals surface area contributed by atoms with Gasteiger partial charge >= 0.3 is 5.97 Å². The van der Waals surface area contributed by atoms with Crippen molar-refractivity contribution < 1.29 is 14.6 Å². The largest absolute Gasteiger partial charge is 0.481 e. The second-order valence-corrected chi connectivity index (χ2v) is 5.83. The number of carboxylic acid groups (broad SMARTS) is 1. The highest BCUT2D eigenvalue weighted by molar-refractivity contribution is 6.34. The van der Waals surface area contributed by atoms with Crippen LogP contribution in [0.15, 0.2) is 48.6 Å². The Hall–Kier alpha value is -1.29. The second-order valence-electron chi connectivity index (χ2n) is 4.77. The summed E-state index contributed by atoms with van der Waals surface area (Å²) in [6.45, 7) is 0.248. The smallest absolute Gasteiger partial charge is 0.303 e. The zero-order chi connectivity index (χ0) is 15.3. The summed E-state index contributed by atoms with van der Waals surface area (Å²) in [5.74, 6) is -0.852. The molecule has 0 aliphatic heterocycles. The van der Waals surface area contributed by atoms with Crippen LogP contribution in [0.4, 0.5) is 0 Å². The summed E-state index contributed by atoms with van der Waals surface area (Å²) in [5.41, 5.74) is 2.05. The Morgan fingerprint density at radius 1 is 1.33 bits per heavy atom. The third kappa shape index (κ3) is 4.34. The maximum absolute atomic E-state index is 10.5. The zero-order valence-corrected chi connectivity index (χ0v) is 12.8.